The summed E-state index contributed by atoms with van der Waals surface area (Å²) in [6.45, 7) is 4.63. The minimum absolute atomic E-state index is 0.000717. The summed E-state index contributed by atoms with van der Waals surface area (Å²) in [5.74, 6) is 0.765. The van der Waals surface area contributed by atoms with Crippen LogP contribution in [0.25, 0.3) is 0 Å². The van der Waals surface area contributed by atoms with Crippen LogP contribution in [0.5, 0.6) is 0 Å². The Morgan fingerprint density at radius 2 is 2.00 bits per heavy atom. The molecule has 1 amide bonds. The van der Waals surface area contributed by atoms with Gasteiger partial charge in [0.1, 0.15) is 5.15 Å². The third-order valence-corrected chi connectivity index (χ3v) is 7.36. The van der Waals surface area contributed by atoms with E-state index >= 15 is 0 Å². The van der Waals surface area contributed by atoms with E-state index in [1.165, 1.54) is 5.56 Å². The number of hydrogen-bond donors (Lipinski definition) is 2. The summed E-state index contributed by atoms with van der Waals surface area (Å²) >= 11 is 5.87. The highest BCUT2D eigenvalue weighted by atomic mass is 35.5. The fourth-order valence-corrected chi connectivity index (χ4v) is 5.15. The monoisotopic (exact) mass is 480 g/mol. The van der Waals surface area contributed by atoms with Crippen molar-refractivity contribution in [1.29, 1.82) is 0 Å². The highest BCUT2D eigenvalue weighted by molar-refractivity contribution is 6.29. The highest BCUT2D eigenvalue weighted by Gasteiger charge is 2.31. The van der Waals surface area contributed by atoms with E-state index in [-0.39, 0.29) is 11.8 Å². The van der Waals surface area contributed by atoms with E-state index in [0.29, 0.717) is 23.2 Å². The molecule has 1 fully saturated rings. The van der Waals surface area contributed by atoms with Crippen LogP contribution in [0.15, 0.2) is 42.6 Å². The van der Waals surface area contributed by atoms with Crippen molar-refractivity contribution in [2.24, 2.45) is 11.8 Å². The molecule has 0 bridgehead atoms. The number of aliphatic hydroxyl groups excluding tert-OH is 1. The van der Waals surface area contributed by atoms with Crippen LogP contribution in [0.3, 0.4) is 0 Å². The number of carbonyl (C=O) groups is 1. The van der Waals surface area contributed by atoms with Gasteiger partial charge in [0.05, 0.1) is 24.0 Å². The molecule has 0 saturated heterocycles. The van der Waals surface area contributed by atoms with E-state index in [2.05, 4.69) is 34.2 Å². The summed E-state index contributed by atoms with van der Waals surface area (Å²) in [4.78, 5) is 18.7. The second kappa shape index (κ2) is 10.7. The van der Waals surface area contributed by atoms with E-state index in [4.69, 9.17) is 11.6 Å². The number of aliphatic hydroxyl groups is 1. The number of H-pyrrole nitrogens is 1. The van der Waals surface area contributed by atoms with Crippen molar-refractivity contribution >= 4 is 17.5 Å². The van der Waals surface area contributed by atoms with Crippen molar-refractivity contribution in [2.75, 3.05) is 7.05 Å². The topological polar surface area (TPSA) is 82.1 Å². The number of rotatable bonds is 8. The molecule has 180 valence electrons. The van der Waals surface area contributed by atoms with Gasteiger partial charge < -0.3 is 10.0 Å². The SMILES string of the molecule is CCc1n[nH]c(CN(C)C(=O)c2ccc(C[C@@H]3CC[C@H]([C@H](O)c4ccc(Cl)nc4)C3)cc2)c1C. The molecule has 0 unspecified atom stereocenters. The Morgan fingerprint density at radius 3 is 2.65 bits per heavy atom. The van der Waals surface area contributed by atoms with Gasteiger partial charge in [0.15, 0.2) is 0 Å². The Balaban J connectivity index is 1.31. The maximum Gasteiger partial charge on any atom is 0.253 e. The molecule has 1 saturated carbocycles. The van der Waals surface area contributed by atoms with Gasteiger partial charge >= 0.3 is 0 Å². The number of aryl methyl sites for hydroxylation is 1. The molecule has 2 N–H and O–H groups in total. The van der Waals surface area contributed by atoms with Gasteiger partial charge in [0, 0.05) is 18.8 Å². The van der Waals surface area contributed by atoms with Crippen molar-refractivity contribution < 1.29 is 9.90 Å². The summed E-state index contributed by atoms with van der Waals surface area (Å²) in [7, 11) is 1.82. The average Bonchev–Trinajstić information content (AvgIpc) is 3.45. The van der Waals surface area contributed by atoms with Gasteiger partial charge in [0.2, 0.25) is 0 Å². The maximum absolute atomic E-state index is 12.9. The number of nitrogens with one attached hydrogen (secondary N) is 1. The van der Waals surface area contributed by atoms with Crippen LogP contribution in [-0.4, -0.2) is 38.1 Å². The standard InChI is InChI=1S/C27H33ClN4O2/c1-4-23-17(2)24(31-30-23)16-32(3)27(34)20-8-5-18(6-9-20)13-19-7-10-21(14-19)26(33)22-11-12-25(28)29-15-22/h5-6,8-9,11-12,15,19,21,26,33H,4,7,10,13-14,16H2,1-3H3,(H,30,31)/t19-,21-,26-/m0/s1. The van der Waals surface area contributed by atoms with Gasteiger partial charge in [-0.2, -0.15) is 5.10 Å². The Kier molecular flexibility index (Phi) is 7.69. The molecule has 0 radical (unpaired) electrons. The molecule has 4 rings (SSSR count). The first-order valence-corrected chi connectivity index (χ1v) is 12.4. The fraction of sp³-hybridized carbons (Fsp3) is 0.444. The molecule has 0 spiro atoms. The Hall–Kier alpha value is -2.70. The van der Waals surface area contributed by atoms with E-state index in [1.807, 2.05) is 32.2 Å². The molecule has 7 heteroatoms. The van der Waals surface area contributed by atoms with Crippen molar-refractivity contribution in [1.82, 2.24) is 20.1 Å². The number of nitrogens with zero attached hydrogens (tertiary/aromatic N) is 3. The van der Waals surface area contributed by atoms with Gasteiger partial charge in [0.25, 0.3) is 5.91 Å². The fourth-order valence-electron chi connectivity index (χ4n) is 5.04. The summed E-state index contributed by atoms with van der Waals surface area (Å²) < 4.78 is 0. The maximum atomic E-state index is 12.9. The third kappa shape index (κ3) is 5.50. The molecule has 1 aromatic carbocycles. The molecule has 2 aromatic heterocycles. The zero-order valence-corrected chi connectivity index (χ0v) is 20.8. The minimum Gasteiger partial charge on any atom is -0.388 e. The largest absolute Gasteiger partial charge is 0.388 e. The predicted octanol–water partition coefficient (Wildman–Crippen LogP) is 5.29. The molecule has 2 heterocycles. The zero-order chi connectivity index (χ0) is 24.2. The second-order valence-electron chi connectivity index (χ2n) is 9.49. The van der Waals surface area contributed by atoms with E-state index in [0.717, 1.165) is 54.6 Å². The lowest BCUT2D eigenvalue weighted by Crippen LogP contribution is -2.26. The van der Waals surface area contributed by atoms with Crippen molar-refractivity contribution in [3.8, 4) is 0 Å². The second-order valence-corrected chi connectivity index (χ2v) is 9.88. The van der Waals surface area contributed by atoms with Crippen LogP contribution in [-0.2, 0) is 19.4 Å². The Bertz CT molecular complexity index is 1110. The molecule has 6 nitrogen and oxygen atoms in total. The number of aromatic nitrogens is 3. The smallest absolute Gasteiger partial charge is 0.253 e. The molecule has 3 aromatic rings. The molecule has 3 atom stereocenters. The van der Waals surface area contributed by atoms with Gasteiger partial charge in [-0.25, -0.2) is 4.98 Å². The van der Waals surface area contributed by atoms with Gasteiger partial charge in [-0.05, 0) is 85.8 Å². The van der Waals surface area contributed by atoms with Crippen LogP contribution < -0.4 is 0 Å². The first-order valence-electron chi connectivity index (χ1n) is 12.0. The van der Waals surface area contributed by atoms with Crippen LogP contribution in [0.2, 0.25) is 5.15 Å². The summed E-state index contributed by atoms with van der Waals surface area (Å²) in [5, 5.41) is 18.6. The van der Waals surface area contributed by atoms with Gasteiger partial charge in [-0.3, -0.25) is 9.89 Å². The first kappa shape index (κ1) is 24.4. The number of hydrogen-bond acceptors (Lipinski definition) is 4. The van der Waals surface area contributed by atoms with Crippen molar-refractivity contribution in [3.63, 3.8) is 0 Å². The lowest BCUT2D eigenvalue weighted by molar-refractivity contribution is 0.0783. The minimum atomic E-state index is -0.503. The zero-order valence-electron chi connectivity index (χ0n) is 20.1. The van der Waals surface area contributed by atoms with Gasteiger partial charge in [-0.15, -0.1) is 0 Å². The summed E-state index contributed by atoms with van der Waals surface area (Å²) in [6.07, 6.45) is 6.08. The van der Waals surface area contributed by atoms with Gasteiger partial charge in [-0.1, -0.05) is 36.7 Å². The number of carbonyl (C=O) groups excluding carboxylic acids is 1. The Labute approximate surface area is 206 Å². The molecule has 0 aliphatic heterocycles. The number of amides is 1. The number of aromatic amines is 1. The molecule has 34 heavy (non-hydrogen) atoms. The van der Waals surface area contributed by atoms with Crippen LogP contribution >= 0.6 is 11.6 Å². The van der Waals surface area contributed by atoms with Crippen molar-refractivity contribution in [2.45, 2.75) is 58.6 Å². The number of halogens is 1. The first-order chi connectivity index (χ1) is 16.4. The molecular weight excluding hydrogens is 448 g/mol. The van der Waals surface area contributed by atoms with Crippen molar-refractivity contribution in [3.05, 3.63) is 81.4 Å². The average molecular weight is 481 g/mol. The predicted molar refractivity (Wildman–Crippen MR) is 134 cm³/mol. The Morgan fingerprint density at radius 1 is 1.24 bits per heavy atom. The molecule has 1 aliphatic carbocycles. The van der Waals surface area contributed by atoms with E-state index in [9.17, 15) is 9.90 Å². The van der Waals surface area contributed by atoms with Crippen LogP contribution in [0.4, 0.5) is 0 Å². The quantitative estimate of drug-likeness (QED) is 0.429. The third-order valence-electron chi connectivity index (χ3n) is 7.13. The summed E-state index contributed by atoms with van der Waals surface area (Å²) in [6, 6.07) is 11.6. The molecular formula is C27H33ClN4O2. The summed E-state index contributed by atoms with van der Waals surface area (Å²) in [5.41, 5.74) is 5.91. The van der Waals surface area contributed by atoms with E-state index < -0.39 is 6.10 Å². The van der Waals surface area contributed by atoms with E-state index in [1.54, 1.807) is 17.2 Å². The number of pyridine rings is 1. The lowest BCUT2D eigenvalue weighted by atomic mass is 9.92. The molecule has 1 aliphatic rings. The lowest BCUT2D eigenvalue weighted by Gasteiger charge is -2.19. The highest BCUT2D eigenvalue weighted by Crippen LogP contribution is 2.40. The van der Waals surface area contributed by atoms with Crippen LogP contribution in [0, 0.1) is 18.8 Å². The number of benzene rings is 1. The van der Waals surface area contributed by atoms with Crippen LogP contribution in [0.1, 0.15) is 70.7 Å². The normalized spacial score (nSPS) is 18.7.